The van der Waals surface area contributed by atoms with Crippen molar-refractivity contribution in [2.24, 2.45) is 0 Å². The lowest BCUT2D eigenvalue weighted by molar-refractivity contribution is 0.216. The van der Waals surface area contributed by atoms with Crippen molar-refractivity contribution in [1.82, 2.24) is 15.5 Å². The number of benzene rings is 1. The fourth-order valence-corrected chi connectivity index (χ4v) is 2.66. The van der Waals surface area contributed by atoms with Crippen LogP contribution in [0.4, 0.5) is 4.79 Å². The highest BCUT2D eigenvalue weighted by Crippen LogP contribution is 2.37. The van der Waals surface area contributed by atoms with E-state index in [-0.39, 0.29) is 6.03 Å². The molecule has 1 saturated carbocycles. The highest BCUT2D eigenvalue weighted by molar-refractivity contribution is 9.10. The van der Waals surface area contributed by atoms with Crippen LogP contribution < -0.4 is 10.6 Å². The normalized spacial score (nSPS) is 21.1. The second kappa shape index (κ2) is 7.09. The van der Waals surface area contributed by atoms with E-state index in [4.69, 9.17) is 0 Å². The van der Waals surface area contributed by atoms with Gasteiger partial charge in [0.25, 0.3) is 0 Å². The fourth-order valence-electron chi connectivity index (χ4n) is 2.40. The second-order valence-electron chi connectivity index (χ2n) is 5.50. The Hall–Kier alpha value is -1.07. The molecule has 0 atom stereocenters. The molecule has 1 aromatic rings. The van der Waals surface area contributed by atoms with Gasteiger partial charge in [-0.1, -0.05) is 28.1 Å². The number of carbonyl (C=O) groups excluding carboxylic acids is 1. The first kappa shape index (κ1) is 15.3. The van der Waals surface area contributed by atoms with Crippen molar-refractivity contribution in [2.75, 3.05) is 27.2 Å². The second-order valence-corrected chi connectivity index (χ2v) is 6.41. The molecule has 1 aliphatic rings. The highest BCUT2D eigenvalue weighted by atomic mass is 79.9. The smallest absolute Gasteiger partial charge is 0.316 e. The number of urea groups is 1. The van der Waals surface area contributed by atoms with Crippen LogP contribution in [0.5, 0.6) is 0 Å². The summed E-state index contributed by atoms with van der Waals surface area (Å²) in [5.41, 5.74) is 1.42. The lowest BCUT2D eigenvalue weighted by Crippen LogP contribution is -2.44. The quantitative estimate of drug-likeness (QED) is 0.809. The van der Waals surface area contributed by atoms with Crippen LogP contribution in [-0.4, -0.2) is 44.2 Å². The summed E-state index contributed by atoms with van der Waals surface area (Å²) in [5.74, 6) is 0.678. The molecular weight excluding hydrogens is 318 g/mol. The van der Waals surface area contributed by atoms with Crippen molar-refractivity contribution in [3.63, 3.8) is 0 Å². The van der Waals surface area contributed by atoms with Gasteiger partial charge in [-0.3, -0.25) is 0 Å². The van der Waals surface area contributed by atoms with Gasteiger partial charge in [0.1, 0.15) is 0 Å². The Morgan fingerprint density at radius 1 is 1.25 bits per heavy atom. The number of hydrogen-bond donors (Lipinski definition) is 2. The number of hydrogen-bond acceptors (Lipinski definition) is 2. The van der Waals surface area contributed by atoms with E-state index in [0.717, 1.165) is 11.0 Å². The molecule has 0 saturated heterocycles. The lowest BCUT2D eigenvalue weighted by atomic mass is 9.76. The molecular formula is C15H22BrN3O. The monoisotopic (exact) mass is 339 g/mol. The number of rotatable bonds is 5. The lowest BCUT2D eigenvalue weighted by Gasteiger charge is -2.36. The van der Waals surface area contributed by atoms with Gasteiger partial charge in [-0.15, -0.1) is 0 Å². The Morgan fingerprint density at radius 3 is 2.50 bits per heavy atom. The van der Waals surface area contributed by atoms with Gasteiger partial charge >= 0.3 is 6.03 Å². The maximum Gasteiger partial charge on any atom is 0.316 e. The summed E-state index contributed by atoms with van der Waals surface area (Å²) in [6, 6.07) is 9.15. The number of halogens is 1. The molecule has 5 heteroatoms. The topological polar surface area (TPSA) is 44.4 Å². The van der Waals surface area contributed by atoms with E-state index in [2.05, 4.69) is 50.8 Å². The van der Waals surface area contributed by atoms with Crippen molar-refractivity contribution in [3.8, 4) is 0 Å². The van der Waals surface area contributed by atoms with E-state index in [1.165, 1.54) is 18.4 Å². The maximum atomic E-state index is 11.3. The van der Waals surface area contributed by atoms with Crippen molar-refractivity contribution < 1.29 is 4.79 Å². The standard InChI is InChI=1S/C15H22BrN3O/c1-19(2)15(20)18-8-7-17-14-9-12(10-14)11-3-5-13(16)6-4-11/h3-6,12,14,17H,7-10H2,1-2H3,(H,18,20). The largest absolute Gasteiger partial charge is 0.337 e. The van der Waals surface area contributed by atoms with Gasteiger partial charge in [-0.05, 0) is 36.5 Å². The molecule has 2 rings (SSSR count). The molecule has 2 N–H and O–H groups in total. The third kappa shape index (κ3) is 4.21. The molecule has 0 bridgehead atoms. The SMILES string of the molecule is CN(C)C(=O)NCCNC1CC(c2ccc(Br)cc2)C1. The van der Waals surface area contributed by atoms with Crippen LogP contribution in [0.25, 0.3) is 0 Å². The third-order valence-electron chi connectivity index (χ3n) is 3.72. The Morgan fingerprint density at radius 2 is 1.90 bits per heavy atom. The molecule has 1 fully saturated rings. The first-order valence-corrected chi connectivity index (χ1v) is 7.79. The summed E-state index contributed by atoms with van der Waals surface area (Å²) in [5, 5.41) is 6.34. The van der Waals surface area contributed by atoms with Gasteiger partial charge in [-0.25, -0.2) is 4.79 Å². The minimum absolute atomic E-state index is 0.0341. The fraction of sp³-hybridized carbons (Fsp3) is 0.533. The van der Waals surface area contributed by atoms with Crippen LogP contribution in [0.15, 0.2) is 28.7 Å². The predicted molar refractivity (Wildman–Crippen MR) is 85.0 cm³/mol. The van der Waals surface area contributed by atoms with Gasteiger partial charge in [-0.2, -0.15) is 0 Å². The Kier molecular flexibility index (Phi) is 5.43. The van der Waals surface area contributed by atoms with Crippen LogP contribution >= 0.6 is 15.9 Å². The summed E-state index contributed by atoms with van der Waals surface area (Å²) in [4.78, 5) is 12.9. The molecule has 0 radical (unpaired) electrons. The number of carbonyl (C=O) groups is 1. The van der Waals surface area contributed by atoms with Crippen LogP contribution in [0.1, 0.15) is 24.3 Å². The highest BCUT2D eigenvalue weighted by Gasteiger charge is 2.29. The van der Waals surface area contributed by atoms with Gasteiger partial charge in [0, 0.05) is 37.7 Å². The van der Waals surface area contributed by atoms with E-state index >= 15 is 0 Å². The van der Waals surface area contributed by atoms with Crippen LogP contribution in [0, 0.1) is 0 Å². The average molecular weight is 340 g/mol. The van der Waals surface area contributed by atoms with Crippen LogP contribution in [0.3, 0.4) is 0 Å². The van der Waals surface area contributed by atoms with E-state index in [1.54, 1.807) is 19.0 Å². The Balaban J connectivity index is 1.60. The van der Waals surface area contributed by atoms with Crippen LogP contribution in [0.2, 0.25) is 0 Å². The number of nitrogens with zero attached hydrogens (tertiary/aromatic N) is 1. The summed E-state index contributed by atoms with van der Waals surface area (Å²) in [6.45, 7) is 1.51. The molecule has 4 nitrogen and oxygen atoms in total. The molecule has 0 aromatic heterocycles. The number of amides is 2. The van der Waals surface area contributed by atoms with Gasteiger partial charge < -0.3 is 15.5 Å². The van der Waals surface area contributed by atoms with E-state index in [1.807, 2.05) is 0 Å². The minimum Gasteiger partial charge on any atom is -0.337 e. The van der Waals surface area contributed by atoms with Crippen molar-refractivity contribution in [2.45, 2.75) is 24.8 Å². The minimum atomic E-state index is -0.0341. The first-order chi connectivity index (χ1) is 9.56. The van der Waals surface area contributed by atoms with Gasteiger partial charge in [0.15, 0.2) is 0 Å². The molecule has 20 heavy (non-hydrogen) atoms. The zero-order valence-corrected chi connectivity index (χ0v) is 13.6. The van der Waals surface area contributed by atoms with Gasteiger partial charge in [0.05, 0.1) is 0 Å². The molecule has 0 heterocycles. The molecule has 110 valence electrons. The Labute approximate surface area is 129 Å². The Bertz CT molecular complexity index is 441. The molecule has 1 aromatic carbocycles. The summed E-state index contributed by atoms with van der Waals surface area (Å²) in [6.07, 6.45) is 2.37. The summed E-state index contributed by atoms with van der Waals surface area (Å²) in [7, 11) is 3.50. The predicted octanol–water partition coefficient (Wildman–Crippen LogP) is 2.56. The van der Waals surface area contributed by atoms with Crippen LogP contribution in [-0.2, 0) is 0 Å². The maximum absolute atomic E-state index is 11.3. The molecule has 0 spiro atoms. The zero-order chi connectivity index (χ0) is 14.5. The zero-order valence-electron chi connectivity index (χ0n) is 12.0. The molecule has 0 unspecified atom stereocenters. The summed E-state index contributed by atoms with van der Waals surface area (Å²) < 4.78 is 1.13. The number of nitrogens with one attached hydrogen (secondary N) is 2. The van der Waals surface area contributed by atoms with Crippen molar-refractivity contribution in [3.05, 3.63) is 34.3 Å². The van der Waals surface area contributed by atoms with Crippen molar-refractivity contribution >= 4 is 22.0 Å². The molecule has 0 aliphatic heterocycles. The first-order valence-electron chi connectivity index (χ1n) is 7.00. The van der Waals surface area contributed by atoms with E-state index in [0.29, 0.717) is 18.5 Å². The third-order valence-corrected chi connectivity index (χ3v) is 4.25. The molecule has 2 amide bonds. The van der Waals surface area contributed by atoms with Gasteiger partial charge in [0.2, 0.25) is 0 Å². The summed E-state index contributed by atoms with van der Waals surface area (Å²) >= 11 is 3.46. The van der Waals surface area contributed by atoms with E-state index < -0.39 is 0 Å². The average Bonchev–Trinajstić information content (AvgIpc) is 2.37. The van der Waals surface area contributed by atoms with E-state index in [9.17, 15) is 4.79 Å². The van der Waals surface area contributed by atoms with Crippen molar-refractivity contribution in [1.29, 1.82) is 0 Å². The molecule has 1 aliphatic carbocycles.